The monoisotopic (exact) mass is 320 g/mol. The molecule has 5 heteroatoms. The van der Waals surface area contributed by atoms with Gasteiger partial charge in [-0.3, -0.25) is 0 Å². The molecule has 0 bridgehead atoms. The number of amides is 1. The molecule has 23 heavy (non-hydrogen) atoms. The molecule has 0 saturated carbocycles. The number of benzene rings is 1. The van der Waals surface area contributed by atoms with Gasteiger partial charge in [-0.05, 0) is 39.2 Å². The van der Waals surface area contributed by atoms with E-state index in [0.29, 0.717) is 13.1 Å². The highest BCUT2D eigenvalue weighted by atomic mass is 16.6. The highest BCUT2D eigenvalue weighted by molar-refractivity contribution is 5.68. The van der Waals surface area contributed by atoms with Crippen LogP contribution in [-0.4, -0.2) is 41.3 Å². The van der Waals surface area contributed by atoms with Crippen LogP contribution in [0.5, 0.6) is 0 Å². The van der Waals surface area contributed by atoms with Crippen molar-refractivity contribution in [2.45, 2.75) is 44.8 Å². The van der Waals surface area contributed by atoms with Crippen LogP contribution in [0.4, 0.5) is 4.79 Å². The molecule has 3 N–H and O–H groups in total. The SMILES string of the molecule is CC(C)(C)OC(=O)N1CCC[C@@H]([C@](O)(CN)c2ccccc2)C1. The summed E-state index contributed by atoms with van der Waals surface area (Å²) in [4.78, 5) is 14.0. The molecule has 1 fully saturated rings. The van der Waals surface area contributed by atoms with Gasteiger partial charge >= 0.3 is 6.09 Å². The third-order valence-corrected chi connectivity index (χ3v) is 4.33. The van der Waals surface area contributed by atoms with Crippen molar-refractivity contribution < 1.29 is 14.6 Å². The lowest BCUT2D eigenvalue weighted by molar-refractivity contribution is -0.0502. The lowest BCUT2D eigenvalue weighted by atomic mass is 9.77. The van der Waals surface area contributed by atoms with Crippen molar-refractivity contribution in [1.29, 1.82) is 0 Å². The molecule has 1 saturated heterocycles. The first-order valence-electron chi connectivity index (χ1n) is 8.22. The molecule has 2 rings (SSSR count). The number of piperidine rings is 1. The Morgan fingerprint density at radius 1 is 1.35 bits per heavy atom. The molecular formula is C18H28N2O3. The molecule has 1 aromatic carbocycles. The quantitative estimate of drug-likeness (QED) is 0.897. The Labute approximate surface area is 138 Å². The Hall–Kier alpha value is -1.59. The van der Waals surface area contributed by atoms with E-state index in [0.717, 1.165) is 18.4 Å². The Bertz CT molecular complexity index is 527. The zero-order valence-electron chi connectivity index (χ0n) is 14.3. The molecule has 5 nitrogen and oxygen atoms in total. The number of carbonyl (C=O) groups is 1. The van der Waals surface area contributed by atoms with Crippen LogP contribution in [-0.2, 0) is 10.3 Å². The van der Waals surface area contributed by atoms with Crippen LogP contribution in [0.2, 0.25) is 0 Å². The van der Waals surface area contributed by atoms with Crippen molar-refractivity contribution in [3.8, 4) is 0 Å². The first kappa shape index (κ1) is 17.8. The van der Waals surface area contributed by atoms with Crippen LogP contribution in [0.15, 0.2) is 30.3 Å². The van der Waals surface area contributed by atoms with Crippen molar-refractivity contribution in [3.63, 3.8) is 0 Å². The fraction of sp³-hybridized carbons (Fsp3) is 0.611. The van der Waals surface area contributed by atoms with Gasteiger partial charge < -0.3 is 20.5 Å². The summed E-state index contributed by atoms with van der Waals surface area (Å²) in [5.74, 6) is -0.101. The summed E-state index contributed by atoms with van der Waals surface area (Å²) in [6.07, 6.45) is 1.34. The number of ether oxygens (including phenoxy) is 1. The molecule has 0 aliphatic carbocycles. The highest BCUT2D eigenvalue weighted by Crippen LogP contribution is 2.35. The maximum Gasteiger partial charge on any atom is 0.410 e. The zero-order valence-corrected chi connectivity index (χ0v) is 14.3. The van der Waals surface area contributed by atoms with Crippen LogP contribution in [0.25, 0.3) is 0 Å². The topological polar surface area (TPSA) is 75.8 Å². The molecule has 1 aliphatic heterocycles. The van der Waals surface area contributed by atoms with E-state index < -0.39 is 11.2 Å². The number of carbonyl (C=O) groups excluding carboxylic acids is 1. The van der Waals surface area contributed by atoms with Gasteiger partial charge in [0.05, 0.1) is 0 Å². The summed E-state index contributed by atoms with van der Waals surface area (Å²) >= 11 is 0. The molecule has 1 aromatic rings. The van der Waals surface area contributed by atoms with Gasteiger partial charge in [0.1, 0.15) is 11.2 Å². The van der Waals surface area contributed by atoms with E-state index in [2.05, 4.69) is 0 Å². The van der Waals surface area contributed by atoms with Crippen molar-refractivity contribution in [3.05, 3.63) is 35.9 Å². The third kappa shape index (κ3) is 4.24. The average Bonchev–Trinajstić information content (AvgIpc) is 2.53. The van der Waals surface area contributed by atoms with Gasteiger partial charge in [-0.2, -0.15) is 0 Å². The van der Waals surface area contributed by atoms with Crippen LogP contribution in [0.1, 0.15) is 39.2 Å². The molecule has 0 spiro atoms. The van der Waals surface area contributed by atoms with Crippen molar-refractivity contribution in [2.24, 2.45) is 11.7 Å². The standard InChI is InChI=1S/C18H28N2O3/c1-17(2,3)23-16(21)20-11-7-10-15(12-20)18(22,13-19)14-8-5-4-6-9-14/h4-6,8-9,15,22H,7,10-13,19H2,1-3H3/t15-,18+/m1/s1. The van der Waals surface area contributed by atoms with Crippen LogP contribution < -0.4 is 5.73 Å². The third-order valence-electron chi connectivity index (χ3n) is 4.33. The molecule has 128 valence electrons. The summed E-state index contributed by atoms with van der Waals surface area (Å²) < 4.78 is 5.45. The predicted molar refractivity (Wildman–Crippen MR) is 89.9 cm³/mol. The van der Waals surface area contributed by atoms with Gasteiger partial charge in [0.15, 0.2) is 0 Å². The van der Waals surface area contributed by atoms with Crippen molar-refractivity contribution >= 4 is 6.09 Å². The number of likely N-dealkylation sites (tertiary alicyclic amines) is 1. The highest BCUT2D eigenvalue weighted by Gasteiger charge is 2.41. The molecule has 1 heterocycles. The first-order valence-corrected chi connectivity index (χ1v) is 8.22. The Morgan fingerprint density at radius 3 is 2.57 bits per heavy atom. The van der Waals surface area contributed by atoms with Gasteiger partial charge in [0, 0.05) is 25.6 Å². The zero-order chi connectivity index (χ0) is 17.1. The molecule has 0 aromatic heterocycles. The normalized spacial score (nSPS) is 21.6. The van der Waals surface area contributed by atoms with Crippen LogP contribution in [0, 0.1) is 5.92 Å². The summed E-state index contributed by atoms with van der Waals surface area (Å²) in [5, 5.41) is 11.1. The number of rotatable bonds is 3. The molecule has 1 aliphatic rings. The van der Waals surface area contributed by atoms with Gasteiger partial charge in [-0.25, -0.2) is 4.79 Å². The van der Waals surface area contributed by atoms with Gasteiger partial charge in [-0.1, -0.05) is 30.3 Å². The largest absolute Gasteiger partial charge is 0.444 e. The van der Waals surface area contributed by atoms with Crippen LogP contribution >= 0.6 is 0 Å². The number of hydrogen-bond donors (Lipinski definition) is 2. The van der Waals surface area contributed by atoms with Crippen LogP contribution in [0.3, 0.4) is 0 Å². The molecule has 1 amide bonds. The second-order valence-electron chi connectivity index (χ2n) is 7.26. The van der Waals surface area contributed by atoms with E-state index in [9.17, 15) is 9.90 Å². The minimum Gasteiger partial charge on any atom is -0.444 e. The van der Waals surface area contributed by atoms with E-state index in [1.54, 1.807) is 4.90 Å². The van der Waals surface area contributed by atoms with Gasteiger partial charge in [-0.15, -0.1) is 0 Å². The Morgan fingerprint density at radius 2 is 2.00 bits per heavy atom. The second-order valence-corrected chi connectivity index (χ2v) is 7.26. The molecule has 2 atom stereocenters. The summed E-state index contributed by atoms with van der Waals surface area (Å²) in [5.41, 5.74) is 5.07. The molecular weight excluding hydrogens is 292 g/mol. The van der Waals surface area contributed by atoms with Gasteiger partial charge in [0.25, 0.3) is 0 Å². The van der Waals surface area contributed by atoms with E-state index in [-0.39, 0.29) is 18.6 Å². The maximum atomic E-state index is 12.3. The van der Waals surface area contributed by atoms with Gasteiger partial charge in [0.2, 0.25) is 0 Å². The number of hydrogen-bond acceptors (Lipinski definition) is 4. The minimum absolute atomic E-state index is 0.101. The van der Waals surface area contributed by atoms with E-state index in [1.165, 1.54) is 0 Å². The fourth-order valence-corrected chi connectivity index (χ4v) is 3.11. The number of aliphatic hydroxyl groups is 1. The summed E-state index contributed by atoms with van der Waals surface area (Å²) in [6.45, 7) is 6.80. The minimum atomic E-state index is -1.12. The lowest BCUT2D eigenvalue weighted by Crippen LogP contribution is -2.51. The average molecular weight is 320 g/mol. The van der Waals surface area contributed by atoms with E-state index in [4.69, 9.17) is 10.5 Å². The summed E-state index contributed by atoms with van der Waals surface area (Å²) in [6, 6.07) is 9.47. The number of nitrogens with two attached hydrogens (primary N) is 1. The van der Waals surface area contributed by atoms with E-state index in [1.807, 2.05) is 51.1 Å². The first-order chi connectivity index (χ1) is 10.8. The predicted octanol–water partition coefficient (Wildman–Crippen LogP) is 2.48. The molecule has 0 unspecified atom stereocenters. The second kappa shape index (κ2) is 6.89. The smallest absolute Gasteiger partial charge is 0.410 e. The fourth-order valence-electron chi connectivity index (χ4n) is 3.11. The maximum absolute atomic E-state index is 12.3. The number of nitrogens with zero attached hydrogens (tertiary/aromatic N) is 1. The van der Waals surface area contributed by atoms with Crippen molar-refractivity contribution in [1.82, 2.24) is 4.90 Å². The molecule has 0 radical (unpaired) electrons. The summed E-state index contributed by atoms with van der Waals surface area (Å²) in [7, 11) is 0. The Balaban J connectivity index is 2.15. The Kier molecular flexibility index (Phi) is 5.32. The van der Waals surface area contributed by atoms with E-state index >= 15 is 0 Å². The van der Waals surface area contributed by atoms with Crippen molar-refractivity contribution in [2.75, 3.05) is 19.6 Å². The lowest BCUT2D eigenvalue weighted by Gasteiger charge is -2.42.